The zero-order chi connectivity index (χ0) is 17.4. The van der Waals surface area contributed by atoms with Gasteiger partial charge in [0.25, 0.3) is 5.91 Å². The molecule has 0 aliphatic carbocycles. The van der Waals surface area contributed by atoms with Crippen molar-refractivity contribution >= 4 is 34.5 Å². The minimum Gasteiger partial charge on any atom is -0.478 e. The minimum atomic E-state index is -0.975. The third-order valence-corrected chi connectivity index (χ3v) is 5.36. The summed E-state index contributed by atoms with van der Waals surface area (Å²) in [5.74, 6) is -0.597. The molecule has 124 valence electrons. The number of nitrogens with zero attached hydrogens (tertiary/aromatic N) is 1. The van der Waals surface area contributed by atoms with Crippen molar-refractivity contribution in [3.63, 3.8) is 0 Å². The number of aromatic nitrogens is 1. The van der Waals surface area contributed by atoms with Crippen LogP contribution >= 0.6 is 11.8 Å². The molecule has 2 heterocycles. The second-order valence-corrected chi connectivity index (χ2v) is 6.76. The maximum Gasteiger partial charge on any atom is 0.337 e. The summed E-state index contributed by atoms with van der Waals surface area (Å²) in [5, 5.41) is 13.3. The highest BCUT2D eigenvalue weighted by molar-refractivity contribution is 7.99. The van der Waals surface area contributed by atoms with E-state index >= 15 is 0 Å². The molecule has 0 radical (unpaired) electrons. The molecule has 5 nitrogen and oxygen atoms in total. The Bertz CT molecular complexity index is 989. The van der Waals surface area contributed by atoms with Crippen LogP contribution < -0.4 is 5.32 Å². The van der Waals surface area contributed by atoms with Gasteiger partial charge in [-0.1, -0.05) is 36.4 Å². The Morgan fingerprint density at radius 2 is 1.80 bits per heavy atom. The largest absolute Gasteiger partial charge is 0.478 e. The SMILES string of the molecule is O=C(NC1CSc2c1nc1ccccc1c2C(=O)O)c1ccccc1. The lowest BCUT2D eigenvalue weighted by Gasteiger charge is -2.14. The normalized spacial score (nSPS) is 15.8. The maximum atomic E-state index is 12.4. The van der Waals surface area contributed by atoms with Gasteiger partial charge in [-0.05, 0) is 18.2 Å². The molecule has 4 rings (SSSR count). The highest BCUT2D eigenvalue weighted by atomic mass is 32.2. The average molecular weight is 350 g/mol. The molecular weight excluding hydrogens is 336 g/mol. The van der Waals surface area contributed by atoms with Crippen molar-refractivity contribution in [3.8, 4) is 0 Å². The number of thioether (sulfide) groups is 1. The van der Waals surface area contributed by atoms with E-state index in [1.54, 1.807) is 42.5 Å². The van der Waals surface area contributed by atoms with Crippen molar-refractivity contribution in [3.05, 3.63) is 71.4 Å². The Hall–Kier alpha value is -2.86. The number of carboxylic acids is 1. The van der Waals surface area contributed by atoms with Crippen LogP contribution in [-0.2, 0) is 0 Å². The van der Waals surface area contributed by atoms with E-state index in [2.05, 4.69) is 10.3 Å². The zero-order valence-corrected chi connectivity index (χ0v) is 13.9. The number of nitrogens with one attached hydrogen (secondary N) is 1. The Kier molecular flexibility index (Phi) is 3.89. The number of pyridine rings is 1. The highest BCUT2D eigenvalue weighted by Gasteiger charge is 2.32. The Morgan fingerprint density at radius 1 is 1.08 bits per heavy atom. The van der Waals surface area contributed by atoms with E-state index in [0.717, 1.165) is 0 Å². The van der Waals surface area contributed by atoms with Crippen LogP contribution in [0.5, 0.6) is 0 Å². The summed E-state index contributed by atoms with van der Waals surface area (Å²) in [5.41, 5.74) is 2.09. The number of carbonyl (C=O) groups excluding carboxylic acids is 1. The van der Waals surface area contributed by atoms with Gasteiger partial charge in [-0.15, -0.1) is 11.8 Å². The van der Waals surface area contributed by atoms with Crippen LogP contribution in [0.4, 0.5) is 0 Å². The first-order valence-electron chi connectivity index (χ1n) is 7.80. The summed E-state index contributed by atoms with van der Waals surface area (Å²) in [7, 11) is 0. The first-order valence-corrected chi connectivity index (χ1v) is 8.78. The third-order valence-electron chi connectivity index (χ3n) is 4.15. The average Bonchev–Trinajstić information content (AvgIpc) is 3.02. The van der Waals surface area contributed by atoms with Gasteiger partial charge in [0, 0.05) is 21.6 Å². The van der Waals surface area contributed by atoms with Gasteiger partial charge in [-0.2, -0.15) is 0 Å². The lowest BCUT2D eigenvalue weighted by atomic mass is 10.0. The number of para-hydroxylation sites is 1. The second-order valence-electron chi connectivity index (χ2n) is 5.73. The lowest BCUT2D eigenvalue weighted by molar-refractivity contribution is 0.0695. The van der Waals surface area contributed by atoms with E-state index in [-0.39, 0.29) is 17.5 Å². The molecule has 1 atom stereocenters. The molecule has 0 saturated carbocycles. The Morgan fingerprint density at radius 3 is 2.56 bits per heavy atom. The number of benzene rings is 2. The fourth-order valence-corrected chi connectivity index (χ4v) is 4.25. The van der Waals surface area contributed by atoms with E-state index < -0.39 is 5.97 Å². The minimum absolute atomic E-state index is 0.189. The molecule has 1 unspecified atom stereocenters. The number of hydrogen-bond acceptors (Lipinski definition) is 4. The highest BCUT2D eigenvalue weighted by Crippen LogP contribution is 2.42. The van der Waals surface area contributed by atoms with Crippen molar-refractivity contribution in [2.75, 3.05) is 5.75 Å². The smallest absolute Gasteiger partial charge is 0.337 e. The fraction of sp³-hybridized carbons (Fsp3) is 0.105. The number of carboxylic acid groups (broad SMARTS) is 1. The molecule has 1 aliphatic rings. The van der Waals surface area contributed by atoms with Crippen LogP contribution in [0, 0.1) is 0 Å². The number of aromatic carboxylic acids is 1. The molecule has 0 bridgehead atoms. The van der Waals surface area contributed by atoms with Gasteiger partial charge in [0.1, 0.15) is 0 Å². The van der Waals surface area contributed by atoms with Gasteiger partial charge in [0.15, 0.2) is 0 Å². The molecular formula is C19H14N2O3S. The van der Waals surface area contributed by atoms with Crippen LogP contribution in [0.1, 0.15) is 32.5 Å². The van der Waals surface area contributed by atoms with Crippen LogP contribution in [0.3, 0.4) is 0 Å². The van der Waals surface area contributed by atoms with Crippen LogP contribution in [0.2, 0.25) is 0 Å². The fourth-order valence-electron chi connectivity index (χ4n) is 2.99. The van der Waals surface area contributed by atoms with Crippen molar-refractivity contribution in [1.82, 2.24) is 10.3 Å². The van der Waals surface area contributed by atoms with Gasteiger partial charge in [-0.25, -0.2) is 9.78 Å². The maximum absolute atomic E-state index is 12.4. The third kappa shape index (κ3) is 2.74. The zero-order valence-electron chi connectivity index (χ0n) is 13.1. The van der Waals surface area contributed by atoms with Crippen molar-refractivity contribution in [2.24, 2.45) is 0 Å². The summed E-state index contributed by atoms with van der Waals surface area (Å²) < 4.78 is 0. The number of fused-ring (bicyclic) bond motifs is 2. The van der Waals surface area contributed by atoms with E-state index in [4.69, 9.17) is 0 Å². The summed E-state index contributed by atoms with van der Waals surface area (Å²) in [6.07, 6.45) is 0. The van der Waals surface area contributed by atoms with Crippen LogP contribution in [0.25, 0.3) is 10.9 Å². The van der Waals surface area contributed by atoms with Crippen molar-refractivity contribution in [1.29, 1.82) is 0 Å². The molecule has 0 spiro atoms. The monoisotopic (exact) mass is 350 g/mol. The Labute approximate surface area is 148 Å². The molecule has 25 heavy (non-hydrogen) atoms. The predicted molar refractivity (Wildman–Crippen MR) is 96.1 cm³/mol. The quantitative estimate of drug-likeness (QED) is 0.756. The number of hydrogen-bond donors (Lipinski definition) is 2. The standard InChI is InChI=1S/C19H14N2O3S/c22-18(11-6-2-1-3-7-11)21-14-10-25-17-15(19(23)24)12-8-4-5-9-13(12)20-16(14)17/h1-9,14H,10H2,(H,21,22)(H,23,24). The van der Waals surface area contributed by atoms with Gasteiger partial charge >= 0.3 is 5.97 Å². The molecule has 6 heteroatoms. The first-order chi connectivity index (χ1) is 12.1. The van der Waals surface area contributed by atoms with E-state index in [9.17, 15) is 14.7 Å². The summed E-state index contributed by atoms with van der Waals surface area (Å²) in [4.78, 5) is 29.5. The number of amides is 1. The van der Waals surface area contributed by atoms with Gasteiger partial charge < -0.3 is 10.4 Å². The summed E-state index contributed by atoms with van der Waals surface area (Å²) in [6.45, 7) is 0. The van der Waals surface area contributed by atoms with E-state index in [1.807, 2.05) is 12.1 Å². The number of rotatable bonds is 3. The molecule has 3 aromatic rings. The molecule has 1 aromatic heterocycles. The number of carbonyl (C=O) groups is 2. The topological polar surface area (TPSA) is 79.3 Å². The Balaban J connectivity index is 1.75. The van der Waals surface area contributed by atoms with Crippen molar-refractivity contribution < 1.29 is 14.7 Å². The second kappa shape index (κ2) is 6.22. The van der Waals surface area contributed by atoms with Gasteiger partial charge in [-0.3, -0.25) is 4.79 Å². The van der Waals surface area contributed by atoms with Crippen LogP contribution in [0.15, 0.2) is 59.5 Å². The van der Waals surface area contributed by atoms with Crippen LogP contribution in [-0.4, -0.2) is 27.7 Å². The predicted octanol–water partition coefficient (Wildman–Crippen LogP) is 3.51. The first kappa shape index (κ1) is 15.7. The summed E-state index contributed by atoms with van der Waals surface area (Å²) in [6, 6.07) is 15.8. The molecule has 2 aromatic carbocycles. The molecule has 2 N–H and O–H groups in total. The lowest BCUT2D eigenvalue weighted by Crippen LogP contribution is -2.29. The van der Waals surface area contributed by atoms with Gasteiger partial charge in [0.05, 0.1) is 22.8 Å². The summed E-state index contributed by atoms with van der Waals surface area (Å²) >= 11 is 1.42. The van der Waals surface area contributed by atoms with E-state index in [1.165, 1.54) is 11.8 Å². The molecule has 0 saturated heterocycles. The van der Waals surface area contributed by atoms with E-state index in [0.29, 0.717) is 32.8 Å². The molecule has 1 amide bonds. The molecule has 1 aliphatic heterocycles. The van der Waals surface area contributed by atoms with Gasteiger partial charge in [0.2, 0.25) is 0 Å². The van der Waals surface area contributed by atoms with Crippen molar-refractivity contribution in [2.45, 2.75) is 10.9 Å². The molecule has 0 fully saturated rings.